The molecule has 0 bridgehead atoms. The number of rotatable bonds is 5. The predicted molar refractivity (Wildman–Crippen MR) is 138 cm³/mol. The van der Waals surface area contributed by atoms with Gasteiger partial charge in [0.15, 0.2) is 0 Å². The van der Waals surface area contributed by atoms with Crippen molar-refractivity contribution < 1.29 is 9.59 Å². The topological polar surface area (TPSA) is 84.0 Å². The molecule has 2 aromatic heterocycles. The van der Waals surface area contributed by atoms with Crippen LogP contribution in [0.4, 0.5) is 11.5 Å². The zero-order valence-electron chi connectivity index (χ0n) is 19.8. The van der Waals surface area contributed by atoms with Gasteiger partial charge in [0.25, 0.3) is 0 Å². The lowest BCUT2D eigenvalue weighted by Crippen LogP contribution is -2.07. The van der Waals surface area contributed by atoms with Gasteiger partial charge in [0, 0.05) is 43.2 Å². The molecule has 0 aliphatic carbocycles. The van der Waals surface area contributed by atoms with E-state index in [4.69, 9.17) is 0 Å². The van der Waals surface area contributed by atoms with Gasteiger partial charge in [0.2, 0.25) is 5.91 Å². The van der Waals surface area contributed by atoms with Crippen LogP contribution in [0.5, 0.6) is 0 Å². The van der Waals surface area contributed by atoms with Gasteiger partial charge in [-0.1, -0.05) is 29.8 Å². The van der Waals surface area contributed by atoms with Crippen LogP contribution in [-0.4, -0.2) is 29.2 Å². The van der Waals surface area contributed by atoms with Crippen LogP contribution < -0.4 is 10.6 Å². The van der Waals surface area contributed by atoms with Crippen LogP contribution in [0.3, 0.4) is 0 Å². The molecule has 6 heteroatoms. The van der Waals surface area contributed by atoms with Crippen molar-refractivity contribution in [1.29, 1.82) is 0 Å². The number of hydrogen-bond donors (Lipinski definition) is 2. The Balaban J connectivity index is 0.000000302. The maximum atomic E-state index is 11.2. The van der Waals surface area contributed by atoms with Crippen molar-refractivity contribution in [2.45, 2.75) is 20.8 Å². The molecule has 0 saturated carbocycles. The van der Waals surface area contributed by atoms with Gasteiger partial charge in [-0.2, -0.15) is 0 Å². The van der Waals surface area contributed by atoms with Crippen molar-refractivity contribution in [3.05, 3.63) is 95.8 Å². The summed E-state index contributed by atoms with van der Waals surface area (Å²) in [5, 5.41) is 5.87. The largest absolute Gasteiger partial charge is 0.388 e. The number of nitrogens with one attached hydrogen (secondary N) is 2. The lowest BCUT2D eigenvalue weighted by atomic mass is 9.99. The maximum Gasteiger partial charge on any atom is 0.222 e. The van der Waals surface area contributed by atoms with Gasteiger partial charge in [-0.3, -0.25) is 14.6 Å². The lowest BCUT2D eigenvalue weighted by molar-refractivity contribution is -0.114. The summed E-state index contributed by atoms with van der Waals surface area (Å²) in [5.74, 6) is 0.372. The van der Waals surface area contributed by atoms with Gasteiger partial charge in [-0.15, -0.1) is 0 Å². The molecule has 0 saturated heterocycles. The number of benzene rings is 2. The molecule has 0 aliphatic rings. The van der Waals surface area contributed by atoms with E-state index in [1.54, 1.807) is 18.5 Å². The fourth-order valence-electron chi connectivity index (χ4n) is 3.43. The smallest absolute Gasteiger partial charge is 0.222 e. The molecule has 2 heterocycles. The SMILES string of the molecule is CNc1ccc(C)c(-c2ccnc(-c3ccnc(NC(C)=O)c3)c2)c1.Cc1cccc(C=O)c1. The molecule has 2 aromatic carbocycles. The lowest BCUT2D eigenvalue weighted by Gasteiger charge is -2.11. The summed E-state index contributed by atoms with van der Waals surface area (Å²) in [7, 11) is 1.91. The first-order chi connectivity index (χ1) is 16.4. The molecule has 4 aromatic rings. The molecule has 0 aliphatic heterocycles. The first-order valence-electron chi connectivity index (χ1n) is 10.9. The van der Waals surface area contributed by atoms with E-state index in [2.05, 4.69) is 51.8 Å². The minimum Gasteiger partial charge on any atom is -0.388 e. The molecule has 34 heavy (non-hydrogen) atoms. The summed E-state index contributed by atoms with van der Waals surface area (Å²) in [4.78, 5) is 30.0. The second-order valence-corrected chi connectivity index (χ2v) is 7.85. The summed E-state index contributed by atoms with van der Waals surface area (Å²) < 4.78 is 0. The van der Waals surface area contributed by atoms with Crippen molar-refractivity contribution in [2.24, 2.45) is 0 Å². The Bertz CT molecular complexity index is 1300. The number of aromatic nitrogens is 2. The summed E-state index contributed by atoms with van der Waals surface area (Å²) >= 11 is 0. The average Bonchev–Trinajstić information content (AvgIpc) is 2.84. The number of pyridine rings is 2. The molecule has 4 rings (SSSR count). The molecule has 0 unspecified atom stereocenters. The van der Waals surface area contributed by atoms with E-state index in [9.17, 15) is 9.59 Å². The van der Waals surface area contributed by atoms with Gasteiger partial charge >= 0.3 is 0 Å². The number of aryl methyl sites for hydroxylation is 2. The molecule has 0 radical (unpaired) electrons. The highest BCUT2D eigenvalue weighted by Crippen LogP contribution is 2.29. The number of carbonyl (C=O) groups is 2. The molecular formula is C28H28N4O2. The monoisotopic (exact) mass is 452 g/mol. The number of nitrogens with zero attached hydrogens (tertiary/aromatic N) is 2. The maximum absolute atomic E-state index is 11.2. The first kappa shape index (κ1) is 24.3. The first-order valence-corrected chi connectivity index (χ1v) is 10.9. The zero-order valence-corrected chi connectivity index (χ0v) is 19.8. The number of carbonyl (C=O) groups excluding carboxylic acids is 2. The van der Waals surface area contributed by atoms with Crippen LogP contribution in [0, 0.1) is 13.8 Å². The molecule has 172 valence electrons. The van der Waals surface area contributed by atoms with E-state index in [1.807, 2.05) is 50.4 Å². The van der Waals surface area contributed by atoms with Gasteiger partial charge in [0.05, 0.1) is 5.69 Å². The molecule has 0 spiro atoms. The second kappa shape index (κ2) is 11.5. The molecule has 2 N–H and O–H groups in total. The van der Waals surface area contributed by atoms with Gasteiger partial charge < -0.3 is 10.6 Å². The van der Waals surface area contributed by atoms with Crippen molar-refractivity contribution in [1.82, 2.24) is 9.97 Å². The van der Waals surface area contributed by atoms with E-state index >= 15 is 0 Å². The Hall–Kier alpha value is -4.32. The normalized spacial score (nSPS) is 10.0. The summed E-state index contributed by atoms with van der Waals surface area (Å²) in [6.07, 6.45) is 4.32. The Morgan fingerprint density at radius 2 is 1.65 bits per heavy atom. The third-order valence-electron chi connectivity index (χ3n) is 5.14. The van der Waals surface area contributed by atoms with E-state index in [0.717, 1.165) is 45.5 Å². The number of amides is 1. The van der Waals surface area contributed by atoms with E-state index in [1.165, 1.54) is 12.5 Å². The van der Waals surface area contributed by atoms with Gasteiger partial charge in [-0.25, -0.2) is 4.98 Å². The van der Waals surface area contributed by atoms with Crippen LogP contribution >= 0.6 is 0 Å². The minimum atomic E-state index is -0.147. The Morgan fingerprint density at radius 3 is 2.32 bits per heavy atom. The van der Waals surface area contributed by atoms with Crippen LogP contribution in [0.15, 0.2) is 79.1 Å². The highest BCUT2D eigenvalue weighted by molar-refractivity contribution is 5.88. The van der Waals surface area contributed by atoms with Crippen LogP contribution in [0.2, 0.25) is 0 Å². The van der Waals surface area contributed by atoms with E-state index in [-0.39, 0.29) is 5.91 Å². The standard InChI is InChI=1S/C20H20N4O.C8H8O/c1-13-4-5-17(21-3)12-18(13)15-6-8-22-19(10-15)16-7-9-23-20(11-16)24-14(2)25;1-7-3-2-4-8(5-7)6-9/h4-12,21H,1-3H3,(H,23,24,25);2-6H,1H3. The molecule has 1 amide bonds. The quantitative estimate of drug-likeness (QED) is 0.367. The zero-order chi connectivity index (χ0) is 24.5. The minimum absolute atomic E-state index is 0.147. The van der Waals surface area contributed by atoms with Crippen molar-refractivity contribution in [3.63, 3.8) is 0 Å². The molecular weight excluding hydrogens is 424 g/mol. The molecule has 0 fully saturated rings. The van der Waals surface area contributed by atoms with Crippen molar-refractivity contribution >= 4 is 23.7 Å². The Kier molecular flexibility index (Phi) is 8.24. The van der Waals surface area contributed by atoms with Gasteiger partial charge in [-0.05, 0) is 73.0 Å². The highest BCUT2D eigenvalue weighted by Gasteiger charge is 2.08. The average molecular weight is 453 g/mol. The third-order valence-corrected chi connectivity index (χ3v) is 5.14. The third kappa shape index (κ3) is 6.59. The highest BCUT2D eigenvalue weighted by atomic mass is 16.1. The van der Waals surface area contributed by atoms with Crippen LogP contribution in [0.25, 0.3) is 22.4 Å². The van der Waals surface area contributed by atoms with Crippen LogP contribution in [0.1, 0.15) is 28.4 Å². The van der Waals surface area contributed by atoms with E-state index < -0.39 is 0 Å². The van der Waals surface area contributed by atoms with Crippen molar-refractivity contribution in [3.8, 4) is 22.4 Å². The predicted octanol–water partition coefficient (Wildman–Crippen LogP) is 5.93. The van der Waals surface area contributed by atoms with Gasteiger partial charge in [0.1, 0.15) is 12.1 Å². The van der Waals surface area contributed by atoms with Crippen LogP contribution in [-0.2, 0) is 4.79 Å². The van der Waals surface area contributed by atoms with E-state index in [0.29, 0.717) is 5.82 Å². The van der Waals surface area contributed by atoms with Crippen molar-refractivity contribution in [2.75, 3.05) is 17.7 Å². The number of aldehydes is 1. The summed E-state index contributed by atoms with van der Waals surface area (Å²) in [5.41, 5.74) is 8.13. The summed E-state index contributed by atoms with van der Waals surface area (Å²) in [6, 6.07) is 21.5. The Morgan fingerprint density at radius 1 is 0.882 bits per heavy atom. The molecule has 0 atom stereocenters. The fourth-order valence-corrected chi connectivity index (χ4v) is 3.43. The summed E-state index contributed by atoms with van der Waals surface area (Å²) in [6.45, 7) is 5.52. The Labute approximate surface area is 200 Å². The number of anilines is 2. The number of hydrogen-bond acceptors (Lipinski definition) is 5. The second-order valence-electron chi connectivity index (χ2n) is 7.85. The molecule has 6 nitrogen and oxygen atoms in total. The fraction of sp³-hybridized carbons (Fsp3) is 0.143.